The van der Waals surface area contributed by atoms with Crippen molar-refractivity contribution in [3.8, 4) is 11.1 Å². The largest absolute Gasteiger partial charge is 0.462 e. The van der Waals surface area contributed by atoms with Crippen molar-refractivity contribution in [2.75, 3.05) is 24.3 Å². The Morgan fingerprint density at radius 1 is 1.31 bits per heavy atom. The molecule has 2 aromatic heterocycles. The fourth-order valence-corrected chi connectivity index (χ4v) is 2.95. The summed E-state index contributed by atoms with van der Waals surface area (Å²) in [6, 6.07) is 13.4. The van der Waals surface area contributed by atoms with Crippen molar-refractivity contribution in [2.45, 2.75) is 13.0 Å². The van der Waals surface area contributed by atoms with E-state index in [2.05, 4.69) is 5.32 Å². The zero-order chi connectivity index (χ0) is 18.5. The average molecular weight is 373 g/mol. The van der Waals surface area contributed by atoms with E-state index in [9.17, 15) is 9.90 Å². The van der Waals surface area contributed by atoms with E-state index in [1.54, 1.807) is 6.92 Å². The molecular formula is C20H21ClN2O3. The molecule has 0 amide bonds. The molecule has 1 aromatic carbocycles. The van der Waals surface area contributed by atoms with Crippen molar-refractivity contribution in [2.24, 2.45) is 0 Å². The van der Waals surface area contributed by atoms with Crippen molar-refractivity contribution >= 4 is 28.8 Å². The predicted molar refractivity (Wildman–Crippen MR) is 104 cm³/mol. The summed E-state index contributed by atoms with van der Waals surface area (Å²) in [7, 11) is 0. The quantitative estimate of drug-likeness (QED) is 0.489. The fraction of sp³-hybridized carbons (Fsp3) is 0.250. The highest BCUT2D eigenvalue weighted by Gasteiger charge is 2.20. The molecule has 0 radical (unpaired) electrons. The van der Waals surface area contributed by atoms with Crippen molar-refractivity contribution in [3.63, 3.8) is 0 Å². The van der Waals surface area contributed by atoms with Gasteiger partial charge in [-0.3, -0.25) is 0 Å². The maximum absolute atomic E-state index is 12.6. The maximum Gasteiger partial charge on any atom is 0.340 e. The number of aromatic nitrogens is 1. The summed E-state index contributed by atoms with van der Waals surface area (Å²) in [6.07, 6.45) is 3.21. The molecule has 136 valence electrons. The van der Waals surface area contributed by atoms with E-state index >= 15 is 0 Å². The van der Waals surface area contributed by atoms with Crippen molar-refractivity contribution in [1.82, 2.24) is 4.40 Å². The summed E-state index contributed by atoms with van der Waals surface area (Å²) in [5.41, 5.74) is 3.89. The highest BCUT2D eigenvalue weighted by Crippen LogP contribution is 2.31. The first-order valence-corrected chi connectivity index (χ1v) is 9.02. The summed E-state index contributed by atoms with van der Waals surface area (Å²) in [6.45, 7) is 2.47. The standard InChI is InChI=1S/C20H21ClN2O3/c1-2-26-20(25)19-17(13-23-9-4-3-8-18(19)23)14-6-5-7-15(10-14)22-12-16(24)11-21/h3-10,13,16,22,24H,2,11-12H2,1H3. The van der Waals surface area contributed by atoms with Gasteiger partial charge in [0.15, 0.2) is 0 Å². The van der Waals surface area contributed by atoms with Gasteiger partial charge in [-0.15, -0.1) is 11.6 Å². The van der Waals surface area contributed by atoms with E-state index in [0.717, 1.165) is 22.3 Å². The lowest BCUT2D eigenvalue weighted by atomic mass is 10.0. The first-order chi connectivity index (χ1) is 12.6. The first kappa shape index (κ1) is 18.3. The summed E-state index contributed by atoms with van der Waals surface area (Å²) in [5, 5.41) is 12.8. The number of carbonyl (C=O) groups is 1. The van der Waals surface area contributed by atoms with Crippen LogP contribution in [0.15, 0.2) is 54.9 Å². The Kier molecular flexibility index (Phi) is 5.81. The van der Waals surface area contributed by atoms with Crippen LogP contribution in [0.1, 0.15) is 17.3 Å². The molecule has 0 saturated carbocycles. The number of hydrogen-bond acceptors (Lipinski definition) is 4. The number of benzene rings is 1. The fourth-order valence-electron chi connectivity index (χ4n) is 2.85. The number of esters is 1. The van der Waals surface area contributed by atoms with E-state index in [1.165, 1.54) is 0 Å². The molecule has 3 rings (SSSR count). The molecule has 0 bridgehead atoms. The highest BCUT2D eigenvalue weighted by molar-refractivity contribution is 6.18. The summed E-state index contributed by atoms with van der Waals surface area (Å²) >= 11 is 5.63. The molecule has 26 heavy (non-hydrogen) atoms. The van der Waals surface area contributed by atoms with Gasteiger partial charge >= 0.3 is 5.97 Å². The third-order valence-electron chi connectivity index (χ3n) is 4.06. The van der Waals surface area contributed by atoms with E-state index < -0.39 is 6.10 Å². The van der Waals surface area contributed by atoms with Crippen LogP contribution in [0.3, 0.4) is 0 Å². The second-order valence-corrected chi connectivity index (χ2v) is 6.21. The molecular weight excluding hydrogens is 352 g/mol. The average Bonchev–Trinajstić information content (AvgIpc) is 3.06. The van der Waals surface area contributed by atoms with Crippen LogP contribution in [-0.4, -0.2) is 40.6 Å². The van der Waals surface area contributed by atoms with Gasteiger partial charge in [0.05, 0.1) is 29.7 Å². The topological polar surface area (TPSA) is 63.0 Å². The lowest BCUT2D eigenvalue weighted by molar-refractivity contribution is 0.0529. The third-order valence-corrected chi connectivity index (χ3v) is 4.41. The zero-order valence-corrected chi connectivity index (χ0v) is 15.2. The molecule has 2 N–H and O–H groups in total. The maximum atomic E-state index is 12.6. The number of alkyl halides is 1. The normalized spacial score (nSPS) is 12.1. The van der Waals surface area contributed by atoms with Crippen molar-refractivity contribution in [3.05, 3.63) is 60.4 Å². The summed E-state index contributed by atoms with van der Waals surface area (Å²) < 4.78 is 7.18. The SMILES string of the molecule is CCOC(=O)c1c(-c2cccc(NCC(O)CCl)c2)cn2ccccc12. The Morgan fingerprint density at radius 3 is 2.92 bits per heavy atom. The highest BCUT2D eigenvalue weighted by atomic mass is 35.5. The van der Waals surface area contributed by atoms with Gasteiger partial charge in [-0.2, -0.15) is 0 Å². The van der Waals surface area contributed by atoms with E-state index in [1.807, 2.05) is 59.3 Å². The van der Waals surface area contributed by atoms with Gasteiger partial charge in [0.2, 0.25) is 0 Å². The molecule has 0 fully saturated rings. The van der Waals surface area contributed by atoms with Gasteiger partial charge in [-0.1, -0.05) is 18.2 Å². The molecule has 6 heteroatoms. The number of aliphatic hydroxyl groups is 1. The molecule has 5 nitrogen and oxygen atoms in total. The number of hydrogen-bond donors (Lipinski definition) is 2. The van der Waals surface area contributed by atoms with Crippen LogP contribution >= 0.6 is 11.6 Å². The number of aliphatic hydroxyl groups excluding tert-OH is 1. The molecule has 0 aliphatic heterocycles. The molecule has 2 heterocycles. The number of nitrogens with zero attached hydrogens (tertiary/aromatic N) is 1. The molecule has 0 spiro atoms. The van der Waals surface area contributed by atoms with Crippen LogP contribution in [0.2, 0.25) is 0 Å². The number of fused-ring (bicyclic) bond motifs is 1. The summed E-state index contributed by atoms with van der Waals surface area (Å²) in [4.78, 5) is 12.6. The van der Waals surface area contributed by atoms with Gasteiger partial charge in [-0.25, -0.2) is 4.79 Å². The zero-order valence-electron chi connectivity index (χ0n) is 14.5. The van der Waals surface area contributed by atoms with Crippen LogP contribution in [0.5, 0.6) is 0 Å². The van der Waals surface area contributed by atoms with Gasteiger partial charge in [-0.05, 0) is 36.8 Å². The van der Waals surface area contributed by atoms with Crippen LogP contribution in [0.4, 0.5) is 5.69 Å². The number of rotatable bonds is 7. The number of ether oxygens (including phenoxy) is 1. The second kappa shape index (κ2) is 8.25. The van der Waals surface area contributed by atoms with Gasteiger partial charge in [0.25, 0.3) is 0 Å². The molecule has 3 aromatic rings. The lowest BCUT2D eigenvalue weighted by Crippen LogP contribution is -2.20. The predicted octanol–water partition coefficient (Wildman–Crippen LogP) is 3.79. The number of carbonyl (C=O) groups excluding carboxylic acids is 1. The Hall–Kier alpha value is -2.50. The van der Waals surface area contributed by atoms with Crippen molar-refractivity contribution < 1.29 is 14.6 Å². The lowest BCUT2D eigenvalue weighted by Gasteiger charge is -2.11. The molecule has 0 aliphatic carbocycles. The molecule has 1 unspecified atom stereocenters. The van der Waals surface area contributed by atoms with E-state index in [4.69, 9.17) is 16.3 Å². The Balaban J connectivity index is 2.02. The van der Waals surface area contributed by atoms with Gasteiger partial charge in [0.1, 0.15) is 0 Å². The van der Waals surface area contributed by atoms with Crippen LogP contribution in [0.25, 0.3) is 16.6 Å². The van der Waals surface area contributed by atoms with Crippen LogP contribution < -0.4 is 5.32 Å². The summed E-state index contributed by atoms with van der Waals surface area (Å²) in [5.74, 6) is -0.169. The third kappa shape index (κ3) is 3.84. The molecule has 0 aliphatic rings. The first-order valence-electron chi connectivity index (χ1n) is 8.49. The smallest absolute Gasteiger partial charge is 0.340 e. The van der Waals surface area contributed by atoms with Crippen LogP contribution in [-0.2, 0) is 4.74 Å². The number of halogens is 1. The minimum absolute atomic E-state index is 0.171. The van der Waals surface area contributed by atoms with Crippen molar-refractivity contribution in [1.29, 1.82) is 0 Å². The van der Waals surface area contributed by atoms with Crippen LogP contribution in [0, 0.1) is 0 Å². The Labute approximate surface area is 157 Å². The minimum atomic E-state index is -0.618. The van der Waals surface area contributed by atoms with E-state index in [0.29, 0.717) is 18.7 Å². The number of pyridine rings is 1. The number of anilines is 1. The monoisotopic (exact) mass is 372 g/mol. The van der Waals surface area contributed by atoms with Gasteiger partial charge in [0, 0.05) is 30.2 Å². The van der Waals surface area contributed by atoms with E-state index in [-0.39, 0.29) is 11.8 Å². The van der Waals surface area contributed by atoms with Gasteiger partial charge < -0.3 is 19.6 Å². The second-order valence-electron chi connectivity index (χ2n) is 5.90. The number of nitrogens with one attached hydrogen (secondary N) is 1. The Morgan fingerprint density at radius 2 is 2.15 bits per heavy atom. The minimum Gasteiger partial charge on any atom is -0.462 e. The molecule has 1 atom stereocenters. The molecule has 0 saturated heterocycles. The Bertz CT molecular complexity index is 907.